The quantitative estimate of drug-likeness (QED) is 0.309. The number of hydrogen-bond acceptors (Lipinski definition) is 6. The maximum Gasteiger partial charge on any atom is 0.243 e. The molecule has 6 nitrogen and oxygen atoms in total. The molecule has 37 heavy (non-hydrogen) atoms. The summed E-state index contributed by atoms with van der Waals surface area (Å²) in [5, 5.41) is 1.57. The largest absolute Gasteiger partial charge is 0.353 e. The number of sulfonamides is 1. The second kappa shape index (κ2) is 10.2. The Morgan fingerprint density at radius 1 is 0.892 bits per heavy atom. The third-order valence-corrected chi connectivity index (χ3v) is 10.3. The minimum atomic E-state index is -3.60. The highest BCUT2D eigenvalue weighted by Crippen LogP contribution is 2.40. The first kappa shape index (κ1) is 24.6. The Hall–Kier alpha value is -2.78. The maximum absolute atomic E-state index is 13.2. The Kier molecular flexibility index (Phi) is 6.75. The fourth-order valence-corrected chi connectivity index (χ4v) is 8.10. The van der Waals surface area contributed by atoms with Crippen molar-refractivity contribution < 1.29 is 8.42 Å². The number of thiophene rings is 1. The number of anilines is 1. The van der Waals surface area contributed by atoms with Crippen LogP contribution in [0.3, 0.4) is 0 Å². The topological polar surface area (TPSA) is 66.4 Å². The number of piperazine rings is 1. The molecule has 1 saturated heterocycles. The third-order valence-electron chi connectivity index (χ3n) is 7.01. The van der Waals surface area contributed by atoms with Gasteiger partial charge in [-0.25, -0.2) is 18.4 Å². The fraction of sp³-hybridized carbons (Fsp3) is 0.286. The highest BCUT2D eigenvalue weighted by molar-refractivity contribution is 7.89. The van der Waals surface area contributed by atoms with Gasteiger partial charge in [0.1, 0.15) is 10.6 Å². The number of hydrogen-bond donors (Lipinski definition) is 0. The molecule has 6 rings (SSSR count). The zero-order chi connectivity index (χ0) is 25.4. The molecule has 0 radical (unpaired) electrons. The Balaban J connectivity index is 1.32. The molecule has 3 heterocycles. The summed E-state index contributed by atoms with van der Waals surface area (Å²) in [6.07, 6.45) is 8.54. The van der Waals surface area contributed by atoms with Gasteiger partial charge in [-0.2, -0.15) is 4.31 Å². The van der Waals surface area contributed by atoms with Crippen LogP contribution in [0.4, 0.5) is 5.82 Å². The highest BCUT2D eigenvalue weighted by Gasteiger charge is 2.31. The molecule has 0 N–H and O–H groups in total. The summed E-state index contributed by atoms with van der Waals surface area (Å²) < 4.78 is 28.0. The molecule has 1 fully saturated rings. The number of fused-ring (bicyclic) bond motifs is 3. The van der Waals surface area contributed by atoms with Crippen molar-refractivity contribution >= 4 is 61.1 Å². The number of aromatic nitrogens is 2. The van der Waals surface area contributed by atoms with Crippen LogP contribution < -0.4 is 4.90 Å². The average Bonchev–Trinajstić information content (AvgIpc) is 3.31. The molecule has 0 amide bonds. The van der Waals surface area contributed by atoms with Gasteiger partial charge in [-0.15, -0.1) is 11.3 Å². The molecule has 2 aliphatic rings. The normalized spacial score (nSPS) is 16.9. The Morgan fingerprint density at radius 2 is 1.68 bits per heavy atom. The molecule has 1 aliphatic carbocycles. The summed E-state index contributed by atoms with van der Waals surface area (Å²) in [7, 11) is -3.60. The molecule has 1 aliphatic heterocycles. The lowest BCUT2D eigenvalue weighted by Gasteiger charge is -2.35. The van der Waals surface area contributed by atoms with E-state index in [9.17, 15) is 8.42 Å². The van der Waals surface area contributed by atoms with Crippen LogP contribution in [-0.4, -0.2) is 48.9 Å². The summed E-state index contributed by atoms with van der Waals surface area (Å²) in [4.78, 5) is 14.9. The third kappa shape index (κ3) is 4.91. The minimum Gasteiger partial charge on any atom is -0.353 e. The van der Waals surface area contributed by atoms with Crippen molar-refractivity contribution in [1.29, 1.82) is 0 Å². The van der Waals surface area contributed by atoms with Gasteiger partial charge in [0.05, 0.1) is 10.3 Å². The molecule has 190 valence electrons. The van der Waals surface area contributed by atoms with Crippen molar-refractivity contribution in [3.63, 3.8) is 0 Å². The molecule has 0 unspecified atom stereocenters. The first-order valence-corrected chi connectivity index (χ1v) is 15.2. The van der Waals surface area contributed by atoms with Crippen LogP contribution in [0.5, 0.6) is 0 Å². The van der Waals surface area contributed by atoms with Gasteiger partial charge >= 0.3 is 0 Å². The van der Waals surface area contributed by atoms with E-state index in [-0.39, 0.29) is 4.90 Å². The van der Waals surface area contributed by atoms with Gasteiger partial charge in [-0.05, 0) is 61.1 Å². The van der Waals surface area contributed by atoms with Gasteiger partial charge in [-0.1, -0.05) is 54.1 Å². The number of halogens is 1. The summed E-state index contributed by atoms with van der Waals surface area (Å²) in [5.74, 6) is 1.61. The van der Waals surface area contributed by atoms with E-state index in [4.69, 9.17) is 21.6 Å². The summed E-state index contributed by atoms with van der Waals surface area (Å²) in [6, 6.07) is 16.6. The van der Waals surface area contributed by atoms with E-state index in [1.807, 2.05) is 30.4 Å². The standard InChI is InChI=1S/C28H27ClN4O2S2/c29-21-9-6-10-22(19-21)37(34,35)33-17-15-32(16-18-33)27-26-23-11-4-5-12-24(23)36-28(26)31-25(30-27)14-13-20-7-2-1-3-8-20/h1-3,6-10,13-14,19H,4-5,11-12,15-18H2/b14-13+. The molecule has 9 heteroatoms. The van der Waals surface area contributed by atoms with Crippen LogP contribution in [0.2, 0.25) is 5.02 Å². The smallest absolute Gasteiger partial charge is 0.243 e. The highest BCUT2D eigenvalue weighted by atomic mass is 35.5. The zero-order valence-corrected chi connectivity index (χ0v) is 22.7. The van der Waals surface area contributed by atoms with Gasteiger partial charge in [0, 0.05) is 36.1 Å². The minimum absolute atomic E-state index is 0.234. The second-order valence-corrected chi connectivity index (χ2v) is 12.8. The molecule has 0 atom stereocenters. The van der Waals surface area contributed by atoms with Gasteiger partial charge in [0.2, 0.25) is 10.0 Å². The van der Waals surface area contributed by atoms with E-state index >= 15 is 0 Å². The molecular weight excluding hydrogens is 524 g/mol. The van der Waals surface area contributed by atoms with Gasteiger partial charge < -0.3 is 4.90 Å². The number of benzene rings is 2. The van der Waals surface area contributed by atoms with E-state index in [2.05, 4.69) is 17.0 Å². The van der Waals surface area contributed by atoms with Crippen molar-refractivity contribution in [2.45, 2.75) is 30.6 Å². The zero-order valence-electron chi connectivity index (χ0n) is 20.3. The fourth-order valence-electron chi connectivity index (χ4n) is 5.11. The SMILES string of the molecule is O=S(=O)(c1cccc(Cl)c1)N1CCN(c2nc(/C=C/c3ccccc3)nc3sc4c(c23)CCCC4)CC1. The van der Waals surface area contributed by atoms with E-state index in [1.54, 1.807) is 33.8 Å². The predicted octanol–water partition coefficient (Wildman–Crippen LogP) is 5.90. The van der Waals surface area contributed by atoms with Crippen LogP contribution in [0.15, 0.2) is 59.5 Å². The number of aryl methyl sites for hydroxylation is 2. The van der Waals surface area contributed by atoms with Crippen molar-refractivity contribution in [2.75, 3.05) is 31.1 Å². The predicted molar refractivity (Wildman–Crippen MR) is 152 cm³/mol. The average molecular weight is 551 g/mol. The molecular formula is C28H27ClN4O2S2. The van der Waals surface area contributed by atoms with Crippen molar-refractivity contribution in [1.82, 2.24) is 14.3 Å². The van der Waals surface area contributed by atoms with Gasteiger partial charge in [0.25, 0.3) is 0 Å². The maximum atomic E-state index is 13.2. The van der Waals surface area contributed by atoms with Crippen molar-refractivity contribution in [2.24, 2.45) is 0 Å². The Bertz CT molecular complexity index is 1580. The first-order chi connectivity index (χ1) is 18.0. The Morgan fingerprint density at radius 3 is 2.46 bits per heavy atom. The molecule has 0 bridgehead atoms. The molecule has 0 spiro atoms. The van der Waals surface area contributed by atoms with Crippen molar-refractivity contribution in [3.8, 4) is 0 Å². The van der Waals surface area contributed by atoms with Crippen LogP contribution >= 0.6 is 22.9 Å². The molecule has 0 saturated carbocycles. The summed E-state index contributed by atoms with van der Waals surface area (Å²) in [6.45, 7) is 1.92. The van der Waals surface area contributed by atoms with Crippen molar-refractivity contribution in [3.05, 3.63) is 81.4 Å². The lowest BCUT2D eigenvalue weighted by molar-refractivity contribution is 0.384. The lowest BCUT2D eigenvalue weighted by atomic mass is 9.97. The summed E-state index contributed by atoms with van der Waals surface area (Å²) >= 11 is 7.85. The Labute approximate surface area is 226 Å². The van der Waals surface area contributed by atoms with Gasteiger partial charge in [0.15, 0.2) is 5.82 Å². The summed E-state index contributed by atoms with van der Waals surface area (Å²) in [5.41, 5.74) is 2.48. The van der Waals surface area contributed by atoms with Gasteiger partial charge in [-0.3, -0.25) is 0 Å². The van der Waals surface area contributed by atoms with E-state index in [0.717, 1.165) is 34.4 Å². The van der Waals surface area contributed by atoms with E-state index in [1.165, 1.54) is 29.3 Å². The lowest BCUT2D eigenvalue weighted by Crippen LogP contribution is -2.49. The van der Waals surface area contributed by atoms with Crippen LogP contribution in [-0.2, 0) is 22.9 Å². The van der Waals surface area contributed by atoms with Crippen LogP contribution in [0.25, 0.3) is 22.4 Å². The first-order valence-electron chi connectivity index (χ1n) is 12.6. The monoisotopic (exact) mass is 550 g/mol. The van der Waals surface area contributed by atoms with E-state index < -0.39 is 10.0 Å². The second-order valence-electron chi connectivity index (χ2n) is 9.39. The molecule has 2 aromatic heterocycles. The van der Waals surface area contributed by atoms with Crippen LogP contribution in [0.1, 0.15) is 34.7 Å². The van der Waals surface area contributed by atoms with E-state index in [0.29, 0.717) is 37.0 Å². The van der Waals surface area contributed by atoms with Crippen LogP contribution in [0, 0.1) is 0 Å². The molecule has 4 aromatic rings. The molecule has 2 aromatic carbocycles. The number of rotatable bonds is 5. The number of nitrogens with zero attached hydrogens (tertiary/aromatic N) is 4.